The van der Waals surface area contributed by atoms with Gasteiger partial charge in [0.2, 0.25) is 0 Å². The van der Waals surface area contributed by atoms with Gasteiger partial charge < -0.3 is 15.6 Å². The van der Waals surface area contributed by atoms with Crippen LogP contribution in [0, 0.1) is 0 Å². The van der Waals surface area contributed by atoms with Crippen molar-refractivity contribution in [2.24, 2.45) is 5.73 Å². The van der Waals surface area contributed by atoms with Gasteiger partial charge in [0.15, 0.2) is 5.78 Å². The summed E-state index contributed by atoms with van der Waals surface area (Å²) in [5.74, 6) is -0.0896. The highest BCUT2D eigenvalue weighted by molar-refractivity contribution is 7.18. The van der Waals surface area contributed by atoms with E-state index in [1.807, 2.05) is 36.4 Å². The SMILES string of the molecule is CCc1cc2c(C(=O)Cc3ccccc3)nc(OCC(O)CN)nc2s1. The van der Waals surface area contributed by atoms with Crippen molar-refractivity contribution in [2.75, 3.05) is 13.2 Å². The number of fused-ring (bicyclic) bond motifs is 1. The Morgan fingerprint density at radius 3 is 2.77 bits per heavy atom. The van der Waals surface area contributed by atoms with Crippen LogP contribution < -0.4 is 10.5 Å². The van der Waals surface area contributed by atoms with Crippen LogP contribution in [-0.4, -0.2) is 40.1 Å². The van der Waals surface area contributed by atoms with Crippen molar-refractivity contribution in [3.8, 4) is 6.01 Å². The van der Waals surface area contributed by atoms with E-state index in [9.17, 15) is 9.90 Å². The van der Waals surface area contributed by atoms with Crippen LogP contribution in [-0.2, 0) is 12.8 Å². The first kappa shape index (κ1) is 18.4. The average molecular weight is 371 g/mol. The smallest absolute Gasteiger partial charge is 0.318 e. The maximum absolute atomic E-state index is 12.9. The Kier molecular flexibility index (Phi) is 5.92. The first-order chi connectivity index (χ1) is 12.6. The molecule has 0 fully saturated rings. The molecule has 0 saturated heterocycles. The number of rotatable bonds is 8. The molecule has 0 amide bonds. The predicted octanol–water partition coefficient (Wildman–Crippen LogP) is 2.38. The Bertz CT molecular complexity index is 896. The molecule has 1 aromatic carbocycles. The minimum atomic E-state index is -0.799. The Morgan fingerprint density at radius 1 is 1.31 bits per heavy atom. The zero-order chi connectivity index (χ0) is 18.5. The highest BCUT2D eigenvalue weighted by atomic mass is 32.1. The van der Waals surface area contributed by atoms with Crippen molar-refractivity contribution in [2.45, 2.75) is 25.9 Å². The Balaban J connectivity index is 1.95. The Labute approximate surface area is 155 Å². The van der Waals surface area contributed by atoms with Crippen molar-refractivity contribution in [3.05, 3.63) is 52.5 Å². The topological polar surface area (TPSA) is 98.3 Å². The molecular weight excluding hydrogens is 350 g/mol. The molecule has 3 aromatic rings. The van der Waals surface area contributed by atoms with Crippen LogP contribution in [0.1, 0.15) is 27.9 Å². The maximum Gasteiger partial charge on any atom is 0.318 e. The van der Waals surface area contributed by atoms with Crippen LogP contribution in [0.15, 0.2) is 36.4 Å². The van der Waals surface area contributed by atoms with E-state index in [1.54, 1.807) is 0 Å². The Morgan fingerprint density at radius 2 is 2.08 bits per heavy atom. The van der Waals surface area contributed by atoms with E-state index in [4.69, 9.17) is 10.5 Å². The van der Waals surface area contributed by atoms with E-state index in [0.29, 0.717) is 10.5 Å². The monoisotopic (exact) mass is 371 g/mol. The molecule has 0 bridgehead atoms. The van der Waals surface area contributed by atoms with Gasteiger partial charge in [-0.1, -0.05) is 37.3 Å². The average Bonchev–Trinajstić information content (AvgIpc) is 3.09. The quantitative estimate of drug-likeness (QED) is 0.590. The van der Waals surface area contributed by atoms with Gasteiger partial charge in [-0.05, 0) is 18.1 Å². The number of ketones is 1. The molecule has 2 aromatic heterocycles. The van der Waals surface area contributed by atoms with Crippen LogP contribution >= 0.6 is 11.3 Å². The molecule has 3 N–H and O–H groups in total. The third-order valence-corrected chi connectivity index (χ3v) is 5.09. The normalized spacial score (nSPS) is 12.3. The molecule has 0 saturated carbocycles. The minimum Gasteiger partial charge on any atom is -0.461 e. The van der Waals surface area contributed by atoms with E-state index in [0.717, 1.165) is 22.2 Å². The summed E-state index contributed by atoms with van der Waals surface area (Å²) in [6.07, 6.45) is 0.317. The molecule has 6 nitrogen and oxygen atoms in total. The fraction of sp³-hybridized carbons (Fsp3) is 0.316. The van der Waals surface area contributed by atoms with Gasteiger partial charge in [-0.25, -0.2) is 0 Å². The number of carbonyl (C=O) groups is 1. The van der Waals surface area contributed by atoms with Gasteiger partial charge in [-0.2, -0.15) is 9.97 Å². The van der Waals surface area contributed by atoms with Crippen molar-refractivity contribution in [1.29, 1.82) is 0 Å². The van der Waals surface area contributed by atoms with Gasteiger partial charge in [0.05, 0.1) is 0 Å². The van der Waals surface area contributed by atoms with Crippen LogP contribution in [0.3, 0.4) is 0 Å². The zero-order valence-electron chi connectivity index (χ0n) is 14.5. The lowest BCUT2D eigenvalue weighted by atomic mass is 10.1. The molecule has 1 atom stereocenters. The van der Waals surface area contributed by atoms with Gasteiger partial charge in [-0.15, -0.1) is 11.3 Å². The zero-order valence-corrected chi connectivity index (χ0v) is 15.3. The summed E-state index contributed by atoms with van der Waals surface area (Å²) in [6, 6.07) is 11.6. The van der Waals surface area contributed by atoms with Gasteiger partial charge in [0.1, 0.15) is 23.2 Å². The second-order valence-corrected chi connectivity index (χ2v) is 7.04. The van der Waals surface area contributed by atoms with Crippen molar-refractivity contribution in [3.63, 3.8) is 0 Å². The number of benzene rings is 1. The highest BCUT2D eigenvalue weighted by Crippen LogP contribution is 2.29. The summed E-state index contributed by atoms with van der Waals surface area (Å²) < 4.78 is 5.45. The minimum absolute atomic E-state index is 0.0136. The van der Waals surface area contributed by atoms with E-state index in [2.05, 4.69) is 16.9 Å². The van der Waals surface area contributed by atoms with Gasteiger partial charge >= 0.3 is 6.01 Å². The molecule has 136 valence electrons. The summed E-state index contributed by atoms with van der Waals surface area (Å²) >= 11 is 1.52. The van der Waals surface area contributed by atoms with Gasteiger partial charge in [0.25, 0.3) is 0 Å². The number of nitrogens with zero attached hydrogens (tertiary/aromatic N) is 2. The molecule has 2 heterocycles. The largest absolute Gasteiger partial charge is 0.461 e. The number of Topliss-reactive ketones (excluding diaryl/α,β-unsaturated/α-hetero) is 1. The first-order valence-corrected chi connectivity index (χ1v) is 9.30. The first-order valence-electron chi connectivity index (χ1n) is 8.49. The lowest BCUT2D eigenvalue weighted by molar-refractivity contribution is 0.0982. The number of thiophene rings is 1. The van der Waals surface area contributed by atoms with E-state index in [-0.39, 0.29) is 31.4 Å². The van der Waals surface area contributed by atoms with Crippen molar-refractivity contribution < 1.29 is 14.6 Å². The number of aliphatic hydroxyl groups is 1. The summed E-state index contributed by atoms with van der Waals surface area (Å²) in [4.78, 5) is 23.4. The predicted molar refractivity (Wildman–Crippen MR) is 102 cm³/mol. The lowest BCUT2D eigenvalue weighted by Crippen LogP contribution is -2.27. The number of aliphatic hydroxyl groups excluding tert-OH is 1. The maximum atomic E-state index is 12.9. The van der Waals surface area contributed by atoms with Gasteiger partial charge in [-0.3, -0.25) is 4.79 Å². The van der Waals surface area contributed by atoms with Crippen LogP contribution in [0.4, 0.5) is 0 Å². The second-order valence-electron chi connectivity index (χ2n) is 5.93. The third kappa shape index (κ3) is 4.24. The summed E-state index contributed by atoms with van der Waals surface area (Å²) in [6.45, 7) is 2.12. The van der Waals surface area contributed by atoms with Crippen molar-refractivity contribution in [1.82, 2.24) is 9.97 Å². The number of hydrogen-bond donors (Lipinski definition) is 2. The molecule has 0 radical (unpaired) electrons. The Hall–Kier alpha value is -2.35. The molecule has 26 heavy (non-hydrogen) atoms. The van der Waals surface area contributed by atoms with E-state index >= 15 is 0 Å². The van der Waals surface area contributed by atoms with Crippen LogP contribution in [0.2, 0.25) is 0 Å². The number of ether oxygens (including phenoxy) is 1. The van der Waals surface area contributed by atoms with E-state index in [1.165, 1.54) is 11.3 Å². The standard InChI is InChI=1S/C19H21N3O3S/c1-2-14-9-15-17(16(24)8-12-6-4-3-5-7-12)21-19(22-18(15)26-14)25-11-13(23)10-20/h3-7,9,13,23H,2,8,10-11,20H2,1H3. The molecular formula is C19H21N3O3S. The van der Waals surface area contributed by atoms with Crippen LogP contribution in [0.5, 0.6) is 6.01 Å². The molecule has 7 heteroatoms. The van der Waals surface area contributed by atoms with Gasteiger partial charge in [0, 0.05) is 23.2 Å². The van der Waals surface area contributed by atoms with E-state index < -0.39 is 6.10 Å². The fourth-order valence-electron chi connectivity index (χ4n) is 2.51. The number of carbonyl (C=O) groups excluding carboxylic acids is 1. The van der Waals surface area contributed by atoms with Crippen LogP contribution in [0.25, 0.3) is 10.2 Å². The number of aryl methyl sites for hydroxylation is 1. The highest BCUT2D eigenvalue weighted by Gasteiger charge is 2.19. The fourth-order valence-corrected chi connectivity index (χ4v) is 3.47. The molecule has 0 aliphatic heterocycles. The molecule has 0 spiro atoms. The molecule has 1 unspecified atom stereocenters. The number of aromatic nitrogens is 2. The van der Waals surface area contributed by atoms with Crippen molar-refractivity contribution >= 4 is 27.3 Å². The summed E-state index contributed by atoms with van der Waals surface area (Å²) in [5, 5.41) is 10.3. The molecule has 0 aliphatic rings. The lowest BCUT2D eigenvalue weighted by Gasteiger charge is -2.10. The molecule has 0 aliphatic carbocycles. The number of hydrogen-bond acceptors (Lipinski definition) is 7. The molecule has 3 rings (SSSR count). The number of nitrogens with two attached hydrogens (primary N) is 1. The second kappa shape index (κ2) is 8.35. The third-order valence-electron chi connectivity index (χ3n) is 3.92. The summed E-state index contributed by atoms with van der Waals surface area (Å²) in [7, 11) is 0. The summed E-state index contributed by atoms with van der Waals surface area (Å²) in [5.41, 5.74) is 6.67.